The third-order valence-electron chi connectivity index (χ3n) is 4.13. The zero-order chi connectivity index (χ0) is 21.1. The van der Waals surface area contributed by atoms with Crippen LogP contribution < -0.4 is 0 Å². The third-order valence-corrected chi connectivity index (χ3v) is 5.12. The van der Waals surface area contributed by atoms with E-state index in [1.54, 1.807) is 0 Å². The normalized spacial score (nSPS) is 43.7. The molecule has 0 bridgehead atoms. The molecule has 2 saturated heterocycles. The van der Waals surface area contributed by atoms with Crippen LogP contribution in [0.15, 0.2) is 0 Å². The van der Waals surface area contributed by atoms with Crippen LogP contribution >= 0.6 is 7.82 Å². The van der Waals surface area contributed by atoms with Gasteiger partial charge in [0.05, 0.1) is 19.3 Å². The van der Waals surface area contributed by atoms with E-state index in [0.717, 1.165) is 0 Å². The van der Waals surface area contributed by atoms with Crippen molar-refractivity contribution in [2.24, 2.45) is 0 Å². The van der Waals surface area contributed by atoms with Crippen LogP contribution in [0, 0.1) is 0 Å². The molecule has 0 amide bonds. The molecule has 9 atom stereocenters. The molecule has 0 aromatic carbocycles. The molecule has 0 aliphatic carbocycles. The molecular weight excluding hydrogens is 368 g/mol. The van der Waals surface area contributed by atoms with E-state index in [9.17, 15) is 14.6 Å². The number of aliphatic hydroxyl groups is 1. The van der Waals surface area contributed by atoms with Crippen LogP contribution in [0.1, 0.15) is 0 Å². The van der Waals surface area contributed by atoms with E-state index >= 15 is 0 Å². The summed E-state index contributed by atoms with van der Waals surface area (Å²) in [6.07, 6.45) is -6.20. The summed E-state index contributed by atoms with van der Waals surface area (Å²) in [4.78, 5) is 10.1. The molecular formula is C12H22B3O10P. The molecule has 0 saturated carbocycles. The van der Waals surface area contributed by atoms with Gasteiger partial charge < -0.3 is 33.6 Å². The quantitative estimate of drug-likeness (QED) is 0.298. The van der Waals surface area contributed by atoms with Gasteiger partial charge in [-0.05, 0) is 0 Å². The first-order chi connectivity index (χ1) is 13.1. The van der Waals surface area contributed by atoms with Gasteiger partial charge in [0.2, 0.25) is 0 Å². The first-order valence-corrected chi connectivity index (χ1v) is 9.26. The van der Waals surface area contributed by atoms with Crippen LogP contribution in [-0.4, -0.2) is 112 Å². The van der Waals surface area contributed by atoms with Gasteiger partial charge in [-0.1, -0.05) is 0 Å². The van der Waals surface area contributed by atoms with E-state index in [1.807, 2.05) is 0 Å². The van der Waals surface area contributed by atoms with Crippen LogP contribution in [0.25, 0.3) is 0 Å². The second-order valence-electron chi connectivity index (χ2n) is 5.86. The molecule has 0 aromatic heterocycles. The SMILES string of the molecule is [2H]B([3H])O[C@H]1C(OP(=O)(O)OC[C@H]2O[C@@H]([B])[C@@H](O)C2OC)[C@@H](COC)O[C@H]1[B]. The van der Waals surface area contributed by atoms with Gasteiger partial charge in [0.1, 0.15) is 46.2 Å². The Balaban J connectivity index is 2.02. The van der Waals surface area contributed by atoms with Crippen LogP contribution in [0.4, 0.5) is 0 Å². The van der Waals surface area contributed by atoms with E-state index in [2.05, 4.69) is 0 Å². The number of methoxy groups -OCH3 is 2. The fraction of sp³-hybridized carbons (Fsp3) is 1.00. The van der Waals surface area contributed by atoms with Gasteiger partial charge in [-0.3, -0.25) is 9.05 Å². The average molecular weight is 393 g/mol. The van der Waals surface area contributed by atoms with Crippen molar-refractivity contribution in [1.82, 2.24) is 0 Å². The summed E-state index contributed by atoms with van der Waals surface area (Å²) in [5, 5.41) is 9.84. The molecule has 144 valence electrons. The lowest BCUT2D eigenvalue weighted by Crippen LogP contribution is -2.39. The highest BCUT2D eigenvalue weighted by Crippen LogP contribution is 2.48. The van der Waals surface area contributed by atoms with Gasteiger partial charge in [-0.25, -0.2) is 4.57 Å². The summed E-state index contributed by atoms with van der Waals surface area (Å²) in [6, 6.07) is -2.14. The third kappa shape index (κ3) is 5.11. The van der Waals surface area contributed by atoms with Crippen molar-refractivity contribution in [1.29, 1.82) is 2.67 Å². The van der Waals surface area contributed by atoms with Gasteiger partial charge in [0.25, 0.3) is 7.98 Å². The fourth-order valence-corrected chi connectivity index (χ4v) is 3.84. The Kier molecular flexibility index (Phi) is 7.09. The topological polar surface area (TPSA) is 122 Å². The summed E-state index contributed by atoms with van der Waals surface area (Å²) in [6.45, 7) is -0.506. The van der Waals surface area contributed by atoms with Crippen molar-refractivity contribution in [3.8, 4) is 0 Å². The summed E-state index contributed by atoms with van der Waals surface area (Å²) < 4.78 is 62.6. The molecule has 2 aliphatic heterocycles. The van der Waals surface area contributed by atoms with E-state index in [1.165, 1.54) is 14.2 Å². The molecule has 0 spiro atoms. The number of hydrogen-bond acceptors (Lipinski definition) is 9. The van der Waals surface area contributed by atoms with Gasteiger partial charge in [0, 0.05) is 28.9 Å². The van der Waals surface area contributed by atoms with Crippen LogP contribution in [0.2, 0.25) is 0 Å². The zero-order valence-electron chi connectivity index (χ0n) is 16.4. The summed E-state index contributed by atoms with van der Waals surface area (Å²) >= 11 is 0. The minimum Gasteiger partial charge on any atom is -0.437 e. The van der Waals surface area contributed by atoms with Gasteiger partial charge in [-0.2, -0.15) is 0 Å². The molecule has 2 aliphatic rings. The monoisotopic (exact) mass is 393 g/mol. The number of ether oxygens (including phenoxy) is 4. The predicted octanol–water partition coefficient (Wildman–Crippen LogP) is -2.77. The average Bonchev–Trinajstić information content (AvgIpc) is 3.03. The number of phosphoric ester groups is 1. The van der Waals surface area contributed by atoms with Gasteiger partial charge >= 0.3 is 7.82 Å². The Morgan fingerprint density at radius 2 is 1.88 bits per heavy atom. The first-order valence-electron chi connectivity index (χ1n) is 8.92. The van der Waals surface area contributed by atoms with Crippen molar-refractivity contribution >= 4 is 31.5 Å². The molecule has 2 N–H and O–H groups in total. The summed E-state index contributed by atoms with van der Waals surface area (Å²) in [5.41, 5.74) is 0. The molecule has 26 heavy (non-hydrogen) atoms. The van der Waals surface area contributed by atoms with Crippen LogP contribution in [-0.2, 0) is 37.2 Å². The lowest BCUT2D eigenvalue weighted by molar-refractivity contribution is -0.0445. The fourth-order valence-electron chi connectivity index (χ4n) is 2.88. The van der Waals surface area contributed by atoms with Crippen LogP contribution in [0.3, 0.4) is 0 Å². The second kappa shape index (κ2) is 9.51. The van der Waals surface area contributed by atoms with E-state index in [0.29, 0.717) is 0 Å². The Morgan fingerprint density at radius 1 is 1.23 bits per heavy atom. The summed E-state index contributed by atoms with van der Waals surface area (Å²) in [7, 11) is 7.62. The minimum absolute atomic E-state index is 0.0442. The van der Waals surface area contributed by atoms with E-state index in [4.69, 9.17) is 51.0 Å². The Bertz CT molecular complexity index is 552. The molecule has 0 aromatic rings. The molecule has 2 fully saturated rings. The van der Waals surface area contributed by atoms with Crippen molar-refractivity contribution in [2.45, 2.75) is 48.6 Å². The summed E-state index contributed by atoms with van der Waals surface area (Å²) in [5.74, 6) is 0. The number of aliphatic hydroxyl groups excluding tert-OH is 1. The van der Waals surface area contributed by atoms with Crippen molar-refractivity contribution in [3.05, 3.63) is 0 Å². The lowest BCUT2D eigenvalue weighted by atomic mass is 9.92. The molecule has 10 nitrogen and oxygen atoms in total. The smallest absolute Gasteiger partial charge is 0.437 e. The second-order valence-corrected chi connectivity index (χ2v) is 7.27. The van der Waals surface area contributed by atoms with Gasteiger partial charge in [0.15, 0.2) is 0 Å². The van der Waals surface area contributed by atoms with Gasteiger partial charge in [-0.15, -0.1) is 0 Å². The molecule has 2 rings (SSSR count). The van der Waals surface area contributed by atoms with Crippen molar-refractivity contribution in [2.75, 3.05) is 27.4 Å². The number of hydrogen-bond donors (Lipinski definition) is 2. The highest BCUT2D eigenvalue weighted by atomic mass is 31.2. The first kappa shape index (κ1) is 19.4. The largest absolute Gasteiger partial charge is 0.472 e. The Morgan fingerprint density at radius 3 is 2.50 bits per heavy atom. The standard InChI is InChI=1S/C12H22B3O10P/c1-19-3-5-9(10(24-15)12(14)23-5)25-26(17,18)21-4-6-8(20-2)7(16)11(13)22-6/h5-12,16H,3-4,15H2,1-2H3,(H,17,18)/t5-,6-,7+,8?,9?,10+,11-,12-/m1/s1/i15TD. The number of phosphoric acid groups is 1. The van der Waals surface area contributed by atoms with E-state index in [-0.39, 0.29) is 6.61 Å². The maximum atomic E-state index is 12.4. The highest BCUT2D eigenvalue weighted by molar-refractivity contribution is 7.47. The Labute approximate surface area is 158 Å². The number of rotatable bonds is 10. The minimum atomic E-state index is -4.69. The van der Waals surface area contributed by atoms with Crippen LogP contribution in [0.5, 0.6) is 0 Å². The predicted molar refractivity (Wildman–Crippen MR) is 91.6 cm³/mol. The van der Waals surface area contributed by atoms with Crippen molar-refractivity contribution < 1.29 is 47.2 Å². The highest BCUT2D eigenvalue weighted by Gasteiger charge is 2.47. The molecule has 2 heterocycles. The maximum absolute atomic E-state index is 12.4. The maximum Gasteiger partial charge on any atom is 0.472 e. The Hall–Kier alpha value is 0.0648. The molecule has 4 radical (unpaired) electrons. The molecule has 14 heteroatoms. The zero-order valence-corrected chi connectivity index (χ0v) is 15.3. The lowest BCUT2D eigenvalue weighted by Gasteiger charge is -2.26. The van der Waals surface area contributed by atoms with Crippen molar-refractivity contribution in [3.63, 3.8) is 0 Å². The van der Waals surface area contributed by atoms with E-state index < -0.39 is 71.0 Å². The molecule has 3 unspecified atom stereocenters.